The van der Waals surface area contributed by atoms with Crippen LogP contribution in [0.5, 0.6) is 5.88 Å². The van der Waals surface area contributed by atoms with Crippen LogP contribution in [0.2, 0.25) is 0 Å². The van der Waals surface area contributed by atoms with Gasteiger partial charge in [0.2, 0.25) is 5.88 Å². The maximum absolute atomic E-state index is 11.6. The minimum atomic E-state index is -0.326. The van der Waals surface area contributed by atoms with Crippen LogP contribution in [0.15, 0.2) is 17.2 Å². The molecule has 8 nitrogen and oxygen atoms in total. The standard InChI is InChI=1S/C14H18N4O4/c1-9(22-10(2)19)5-3-4-6-21-14-12-8-16-15-7-11(12)13(20)17-18-14/h7-9H,3-6H2,1-2H3,(H,17,20). The molecule has 1 atom stereocenters. The molecule has 2 rings (SSSR count). The molecule has 2 aromatic rings. The normalized spacial score (nSPS) is 12.1. The van der Waals surface area contributed by atoms with Crippen molar-refractivity contribution in [2.75, 3.05) is 6.61 Å². The summed E-state index contributed by atoms with van der Waals surface area (Å²) in [6, 6.07) is 0. The number of H-pyrrole nitrogens is 1. The topological polar surface area (TPSA) is 107 Å². The van der Waals surface area contributed by atoms with E-state index in [9.17, 15) is 9.59 Å². The molecule has 0 aliphatic rings. The Kier molecular flexibility index (Phi) is 5.40. The summed E-state index contributed by atoms with van der Waals surface area (Å²) in [5.74, 6) is 0.0614. The monoisotopic (exact) mass is 306 g/mol. The van der Waals surface area contributed by atoms with E-state index in [1.54, 1.807) is 0 Å². The molecule has 0 spiro atoms. The van der Waals surface area contributed by atoms with Gasteiger partial charge in [-0.2, -0.15) is 10.2 Å². The number of unbranched alkanes of at least 4 members (excludes halogenated alkanes) is 1. The number of fused-ring (bicyclic) bond motifs is 1. The molecule has 2 heterocycles. The highest BCUT2D eigenvalue weighted by Crippen LogP contribution is 2.17. The maximum Gasteiger partial charge on any atom is 0.302 e. The zero-order valence-corrected chi connectivity index (χ0v) is 12.5. The summed E-state index contributed by atoms with van der Waals surface area (Å²) in [5, 5.41) is 14.6. The van der Waals surface area contributed by atoms with Crippen LogP contribution in [0.1, 0.15) is 33.1 Å². The molecule has 2 aromatic heterocycles. The fourth-order valence-corrected chi connectivity index (χ4v) is 2.05. The number of carbonyl (C=O) groups is 1. The van der Waals surface area contributed by atoms with Crippen molar-refractivity contribution >= 4 is 16.7 Å². The number of aromatic amines is 1. The summed E-state index contributed by atoms with van der Waals surface area (Å²) in [5.41, 5.74) is -0.326. The number of hydrogen-bond acceptors (Lipinski definition) is 7. The molecule has 0 aliphatic heterocycles. The van der Waals surface area contributed by atoms with E-state index >= 15 is 0 Å². The average molecular weight is 306 g/mol. The minimum absolute atomic E-state index is 0.0974. The first-order valence-corrected chi connectivity index (χ1v) is 7.07. The van der Waals surface area contributed by atoms with E-state index in [1.807, 2.05) is 6.92 Å². The average Bonchev–Trinajstić information content (AvgIpc) is 2.48. The predicted molar refractivity (Wildman–Crippen MR) is 78.5 cm³/mol. The van der Waals surface area contributed by atoms with Gasteiger partial charge in [0.1, 0.15) is 0 Å². The van der Waals surface area contributed by atoms with E-state index in [-0.39, 0.29) is 17.6 Å². The summed E-state index contributed by atoms with van der Waals surface area (Å²) < 4.78 is 10.6. The van der Waals surface area contributed by atoms with Gasteiger partial charge in [0.25, 0.3) is 5.56 Å². The molecule has 0 amide bonds. The first kappa shape index (κ1) is 15.9. The predicted octanol–water partition coefficient (Wildman–Crippen LogP) is 1.21. The Labute approximate surface area is 126 Å². The Hall–Kier alpha value is -2.51. The van der Waals surface area contributed by atoms with Gasteiger partial charge in [-0.1, -0.05) is 0 Å². The van der Waals surface area contributed by atoms with Gasteiger partial charge < -0.3 is 9.47 Å². The second-order valence-electron chi connectivity index (χ2n) is 4.94. The molecule has 8 heteroatoms. The number of carbonyl (C=O) groups excluding carboxylic acids is 1. The molecule has 0 fully saturated rings. The van der Waals surface area contributed by atoms with E-state index < -0.39 is 0 Å². The van der Waals surface area contributed by atoms with Crippen molar-refractivity contribution in [3.8, 4) is 5.88 Å². The molecule has 1 N–H and O–H groups in total. The Morgan fingerprint density at radius 1 is 1.27 bits per heavy atom. The summed E-state index contributed by atoms with van der Waals surface area (Å²) >= 11 is 0. The lowest BCUT2D eigenvalue weighted by Gasteiger charge is -2.11. The van der Waals surface area contributed by atoms with Crippen LogP contribution >= 0.6 is 0 Å². The summed E-state index contributed by atoms with van der Waals surface area (Å²) in [6.45, 7) is 3.71. The van der Waals surface area contributed by atoms with Gasteiger partial charge in [0, 0.05) is 6.92 Å². The van der Waals surface area contributed by atoms with Crippen molar-refractivity contribution in [2.24, 2.45) is 0 Å². The van der Waals surface area contributed by atoms with E-state index in [0.717, 1.165) is 19.3 Å². The number of ether oxygens (including phenoxy) is 2. The smallest absolute Gasteiger partial charge is 0.302 e. The van der Waals surface area contributed by atoms with Crippen molar-refractivity contribution in [1.82, 2.24) is 20.4 Å². The Bertz CT molecular complexity index is 701. The summed E-state index contributed by atoms with van der Waals surface area (Å²) in [7, 11) is 0. The van der Waals surface area contributed by atoms with Gasteiger partial charge in [-0.05, 0) is 26.2 Å². The van der Waals surface area contributed by atoms with Crippen molar-refractivity contribution in [3.05, 3.63) is 22.7 Å². The number of esters is 1. The van der Waals surface area contributed by atoms with Crippen molar-refractivity contribution < 1.29 is 14.3 Å². The SMILES string of the molecule is CC(=O)OC(C)CCCCOc1n[nH]c(=O)c2cnncc12. The molecule has 0 radical (unpaired) electrons. The third kappa shape index (κ3) is 4.24. The molecule has 0 aliphatic carbocycles. The number of rotatable bonds is 7. The van der Waals surface area contributed by atoms with Gasteiger partial charge in [-0.25, -0.2) is 5.10 Å². The Morgan fingerprint density at radius 3 is 2.73 bits per heavy atom. The van der Waals surface area contributed by atoms with E-state index in [2.05, 4.69) is 20.4 Å². The summed E-state index contributed by atoms with van der Waals surface area (Å²) in [4.78, 5) is 22.4. The van der Waals surface area contributed by atoms with Gasteiger partial charge in [-0.15, -0.1) is 5.10 Å². The van der Waals surface area contributed by atoms with Crippen LogP contribution in [-0.4, -0.2) is 39.1 Å². The zero-order chi connectivity index (χ0) is 15.9. The van der Waals surface area contributed by atoms with Crippen molar-refractivity contribution in [3.63, 3.8) is 0 Å². The number of aromatic nitrogens is 4. The fraction of sp³-hybridized carbons (Fsp3) is 0.500. The van der Waals surface area contributed by atoms with Crippen LogP contribution in [0.3, 0.4) is 0 Å². The molecule has 0 saturated heterocycles. The van der Waals surface area contributed by atoms with Gasteiger partial charge in [0.05, 0.1) is 35.9 Å². The zero-order valence-electron chi connectivity index (χ0n) is 12.5. The highest BCUT2D eigenvalue weighted by molar-refractivity contribution is 5.83. The maximum atomic E-state index is 11.6. The van der Waals surface area contributed by atoms with Crippen LogP contribution in [0.4, 0.5) is 0 Å². The lowest BCUT2D eigenvalue weighted by atomic mass is 10.2. The lowest BCUT2D eigenvalue weighted by molar-refractivity contribution is -0.145. The summed E-state index contributed by atoms with van der Waals surface area (Å²) in [6.07, 6.45) is 5.15. The highest BCUT2D eigenvalue weighted by Gasteiger charge is 2.08. The number of hydrogen-bond donors (Lipinski definition) is 1. The first-order valence-electron chi connectivity index (χ1n) is 7.07. The molecule has 0 bridgehead atoms. The van der Waals surface area contributed by atoms with Gasteiger partial charge >= 0.3 is 5.97 Å². The molecule has 0 saturated carbocycles. The number of nitrogens with zero attached hydrogens (tertiary/aromatic N) is 3. The highest BCUT2D eigenvalue weighted by atomic mass is 16.5. The van der Waals surface area contributed by atoms with E-state index in [1.165, 1.54) is 19.3 Å². The minimum Gasteiger partial charge on any atom is -0.476 e. The second kappa shape index (κ2) is 7.48. The van der Waals surface area contributed by atoms with Crippen LogP contribution in [-0.2, 0) is 9.53 Å². The number of nitrogens with one attached hydrogen (secondary N) is 1. The van der Waals surface area contributed by atoms with Crippen LogP contribution in [0.25, 0.3) is 10.8 Å². The molecule has 22 heavy (non-hydrogen) atoms. The largest absolute Gasteiger partial charge is 0.476 e. The van der Waals surface area contributed by atoms with E-state index in [0.29, 0.717) is 23.3 Å². The van der Waals surface area contributed by atoms with Crippen LogP contribution in [0, 0.1) is 0 Å². The van der Waals surface area contributed by atoms with Gasteiger partial charge in [0.15, 0.2) is 0 Å². The fourth-order valence-electron chi connectivity index (χ4n) is 2.05. The van der Waals surface area contributed by atoms with Crippen molar-refractivity contribution in [1.29, 1.82) is 0 Å². The van der Waals surface area contributed by atoms with E-state index in [4.69, 9.17) is 9.47 Å². The molecule has 118 valence electrons. The molecular formula is C14H18N4O4. The third-order valence-corrected chi connectivity index (χ3v) is 3.08. The third-order valence-electron chi connectivity index (χ3n) is 3.08. The Balaban J connectivity index is 1.84. The molecule has 1 unspecified atom stereocenters. The van der Waals surface area contributed by atoms with Crippen molar-refractivity contribution in [2.45, 2.75) is 39.2 Å². The Morgan fingerprint density at radius 2 is 2.00 bits per heavy atom. The van der Waals surface area contributed by atoms with Crippen LogP contribution < -0.4 is 10.3 Å². The second-order valence-corrected chi connectivity index (χ2v) is 4.94. The molecule has 0 aromatic carbocycles. The molecular weight excluding hydrogens is 288 g/mol. The van der Waals surface area contributed by atoms with Gasteiger partial charge in [-0.3, -0.25) is 9.59 Å². The lowest BCUT2D eigenvalue weighted by Crippen LogP contribution is -2.13. The first-order chi connectivity index (χ1) is 10.6. The quantitative estimate of drug-likeness (QED) is 0.605.